The number of carbonyl (C=O) groups excluding carboxylic acids is 2. The first-order chi connectivity index (χ1) is 15.3. The Hall–Kier alpha value is -2.41. The van der Waals surface area contributed by atoms with Crippen LogP contribution in [0, 0.1) is 11.7 Å². The van der Waals surface area contributed by atoms with Gasteiger partial charge >= 0.3 is 0 Å². The summed E-state index contributed by atoms with van der Waals surface area (Å²) in [6.07, 6.45) is 2.03. The molecule has 2 atom stereocenters. The summed E-state index contributed by atoms with van der Waals surface area (Å²) in [5.41, 5.74) is 1.10. The van der Waals surface area contributed by atoms with Crippen LogP contribution < -0.4 is 4.74 Å². The molecule has 32 heavy (non-hydrogen) atoms. The van der Waals surface area contributed by atoms with Crippen molar-refractivity contribution in [2.24, 2.45) is 5.92 Å². The fourth-order valence-corrected chi connectivity index (χ4v) is 4.92. The third-order valence-corrected chi connectivity index (χ3v) is 6.96. The number of benzene rings is 1. The minimum absolute atomic E-state index is 0.000569. The molecule has 0 saturated heterocycles. The Balaban J connectivity index is 1.77. The zero-order valence-electron chi connectivity index (χ0n) is 19.3. The first kappa shape index (κ1) is 24.2. The van der Waals surface area contributed by atoms with Gasteiger partial charge in [0, 0.05) is 23.9 Å². The van der Waals surface area contributed by atoms with Crippen LogP contribution in [-0.2, 0) is 16.0 Å². The molecule has 0 radical (unpaired) electrons. The number of halogens is 1. The molecule has 2 heterocycles. The highest BCUT2D eigenvalue weighted by Gasteiger charge is 2.34. The molecule has 1 aliphatic heterocycles. The third kappa shape index (κ3) is 5.88. The molecule has 0 aliphatic carbocycles. The van der Waals surface area contributed by atoms with E-state index in [4.69, 9.17) is 4.74 Å². The summed E-state index contributed by atoms with van der Waals surface area (Å²) >= 11 is 1.69. The number of hydrogen-bond acceptors (Lipinski definition) is 4. The van der Waals surface area contributed by atoms with Crippen molar-refractivity contribution in [2.75, 3.05) is 19.7 Å². The molecule has 2 amide bonds. The van der Waals surface area contributed by atoms with E-state index in [1.165, 1.54) is 17.0 Å². The molecular weight excluding hydrogens is 427 g/mol. The molecule has 2 aromatic rings. The van der Waals surface area contributed by atoms with Crippen LogP contribution in [0.15, 0.2) is 35.7 Å². The minimum atomic E-state index is -0.317. The molecule has 0 fully saturated rings. The van der Waals surface area contributed by atoms with Crippen LogP contribution in [0.5, 0.6) is 5.75 Å². The van der Waals surface area contributed by atoms with E-state index in [1.807, 2.05) is 38.0 Å². The van der Waals surface area contributed by atoms with Crippen LogP contribution in [-0.4, -0.2) is 47.4 Å². The fraction of sp³-hybridized carbons (Fsp3) is 0.520. The van der Waals surface area contributed by atoms with Gasteiger partial charge in [0.2, 0.25) is 11.8 Å². The van der Waals surface area contributed by atoms with Crippen LogP contribution in [0.2, 0.25) is 0 Å². The van der Waals surface area contributed by atoms with Gasteiger partial charge in [0.25, 0.3) is 0 Å². The van der Waals surface area contributed by atoms with Gasteiger partial charge < -0.3 is 14.5 Å². The van der Waals surface area contributed by atoms with Gasteiger partial charge in [0.15, 0.2) is 0 Å². The second-order valence-corrected chi connectivity index (χ2v) is 9.79. The lowest BCUT2D eigenvalue weighted by atomic mass is 10.00. The zero-order chi connectivity index (χ0) is 23.3. The standard InChI is InChI=1S/C25H33FN2O3S/c1-5-18(4)28(24(29)14-17(2)3)15-25(30)27-12-10-23-21(11-13-32-23)22(27)16-31-20-8-6-19(26)7-9-20/h6-9,11,13,17-18,22H,5,10,12,14-16H2,1-4H3/t18-,22-/m0/s1. The van der Waals surface area contributed by atoms with Crippen molar-refractivity contribution in [2.45, 2.75) is 59.0 Å². The van der Waals surface area contributed by atoms with Crippen LogP contribution in [0.3, 0.4) is 0 Å². The Kier molecular flexibility index (Phi) is 8.29. The quantitative estimate of drug-likeness (QED) is 0.525. The summed E-state index contributed by atoms with van der Waals surface area (Å²) in [5.74, 6) is 0.448. The van der Waals surface area contributed by atoms with Gasteiger partial charge in [-0.1, -0.05) is 20.8 Å². The number of amides is 2. The molecule has 1 aromatic carbocycles. The maximum atomic E-state index is 13.4. The lowest BCUT2D eigenvalue weighted by Gasteiger charge is -2.38. The summed E-state index contributed by atoms with van der Waals surface area (Å²) in [6.45, 7) is 9.00. The van der Waals surface area contributed by atoms with Gasteiger partial charge in [-0.05, 0) is 67.0 Å². The minimum Gasteiger partial charge on any atom is -0.491 e. The van der Waals surface area contributed by atoms with E-state index in [2.05, 4.69) is 6.07 Å². The Morgan fingerprint density at radius 2 is 1.94 bits per heavy atom. The predicted octanol–water partition coefficient (Wildman–Crippen LogP) is 5.07. The van der Waals surface area contributed by atoms with E-state index >= 15 is 0 Å². The van der Waals surface area contributed by atoms with E-state index < -0.39 is 0 Å². The maximum absolute atomic E-state index is 13.4. The van der Waals surface area contributed by atoms with E-state index in [0.29, 0.717) is 18.7 Å². The lowest BCUT2D eigenvalue weighted by Crippen LogP contribution is -2.50. The Morgan fingerprint density at radius 3 is 2.59 bits per heavy atom. The monoisotopic (exact) mass is 460 g/mol. The Morgan fingerprint density at radius 1 is 1.22 bits per heavy atom. The molecule has 7 heteroatoms. The van der Waals surface area contributed by atoms with Gasteiger partial charge in [-0.3, -0.25) is 9.59 Å². The van der Waals surface area contributed by atoms with Crippen LogP contribution in [0.25, 0.3) is 0 Å². The average Bonchev–Trinajstić information content (AvgIpc) is 3.24. The summed E-state index contributed by atoms with van der Waals surface area (Å²) in [4.78, 5) is 31.1. The fourth-order valence-electron chi connectivity index (χ4n) is 3.99. The highest BCUT2D eigenvalue weighted by Crippen LogP contribution is 2.34. The highest BCUT2D eigenvalue weighted by atomic mass is 32.1. The third-order valence-electron chi connectivity index (χ3n) is 5.97. The van der Waals surface area contributed by atoms with Crippen molar-refractivity contribution in [1.29, 1.82) is 0 Å². The number of hydrogen-bond donors (Lipinski definition) is 0. The van der Waals surface area contributed by atoms with Crippen molar-refractivity contribution in [3.63, 3.8) is 0 Å². The predicted molar refractivity (Wildman–Crippen MR) is 125 cm³/mol. The molecule has 0 saturated carbocycles. The number of thiophene rings is 1. The number of carbonyl (C=O) groups is 2. The highest BCUT2D eigenvalue weighted by molar-refractivity contribution is 7.10. The number of fused-ring (bicyclic) bond motifs is 1. The zero-order valence-corrected chi connectivity index (χ0v) is 20.2. The average molecular weight is 461 g/mol. The molecule has 0 bridgehead atoms. The smallest absolute Gasteiger partial charge is 0.242 e. The second-order valence-electron chi connectivity index (χ2n) is 8.79. The molecule has 174 valence electrons. The molecule has 0 N–H and O–H groups in total. The van der Waals surface area contributed by atoms with Gasteiger partial charge in [-0.25, -0.2) is 4.39 Å². The molecular formula is C25H33FN2O3S. The topological polar surface area (TPSA) is 49.9 Å². The van der Waals surface area contributed by atoms with Crippen molar-refractivity contribution in [3.05, 3.63) is 52.0 Å². The first-order valence-electron chi connectivity index (χ1n) is 11.3. The van der Waals surface area contributed by atoms with Crippen molar-refractivity contribution >= 4 is 23.2 Å². The number of nitrogens with zero attached hydrogens (tertiary/aromatic N) is 2. The number of ether oxygens (including phenoxy) is 1. The molecule has 1 aliphatic rings. The van der Waals surface area contributed by atoms with Gasteiger partial charge in [-0.2, -0.15) is 0 Å². The molecule has 0 unspecified atom stereocenters. The van der Waals surface area contributed by atoms with Gasteiger partial charge in [0.1, 0.15) is 24.7 Å². The van der Waals surface area contributed by atoms with Gasteiger partial charge in [0.05, 0.1) is 6.04 Å². The normalized spacial score (nSPS) is 16.6. The summed E-state index contributed by atoms with van der Waals surface area (Å²) in [7, 11) is 0. The van der Waals surface area contributed by atoms with E-state index in [9.17, 15) is 14.0 Å². The summed E-state index contributed by atoms with van der Waals surface area (Å²) < 4.78 is 19.2. The lowest BCUT2D eigenvalue weighted by molar-refractivity contribution is -0.144. The molecule has 3 rings (SSSR count). The van der Waals surface area contributed by atoms with Crippen LogP contribution in [0.4, 0.5) is 4.39 Å². The number of rotatable bonds is 9. The Labute approximate surface area is 194 Å². The maximum Gasteiger partial charge on any atom is 0.242 e. The largest absolute Gasteiger partial charge is 0.491 e. The van der Waals surface area contributed by atoms with Crippen molar-refractivity contribution in [1.82, 2.24) is 9.80 Å². The molecule has 1 aromatic heterocycles. The Bertz CT molecular complexity index is 912. The van der Waals surface area contributed by atoms with Crippen molar-refractivity contribution in [3.8, 4) is 5.75 Å². The SMILES string of the molecule is CC[C@H](C)N(CC(=O)N1CCc2sccc2[C@@H]1COc1ccc(F)cc1)C(=O)CC(C)C. The first-order valence-corrected chi connectivity index (χ1v) is 12.2. The second kappa shape index (κ2) is 10.9. The molecule has 5 nitrogen and oxygen atoms in total. The van der Waals surface area contributed by atoms with Gasteiger partial charge in [-0.15, -0.1) is 11.3 Å². The van der Waals surface area contributed by atoms with E-state index in [1.54, 1.807) is 28.4 Å². The van der Waals surface area contributed by atoms with E-state index in [0.717, 1.165) is 18.4 Å². The summed E-state index contributed by atoms with van der Waals surface area (Å²) in [6, 6.07) is 7.72. The van der Waals surface area contributed by atoms with Crippen molar-refractivity contribution < 1.29 is 18.7 Å². The van der Waals surface area contributed by atoms with Crippen LogP contribution in [0.1, 0.15) is 57.0 Å². The van der Waals surface area contributed by atoms with E-state index in [-0.39, 0.29) is 48.8 Å². The van der Waals surface area contributed by atoms with Crippen LogP contribution >= 0.6 is 11.3 Å². The molecule has 0 spiro atoms. The summed E-state index contributed by atoms with van der Waals surface area (Å²) in [5, 5.41) is 2.04.